The van der Waals surface area contributed by atoms with Crippen LogP contribution in [0.3, 0.4) is 0 Å². The molecule has 22 heavy (non-hydrogen) atoms. The molecule has 0 saturated heterocycles. The summed E-state index contributed by atoms with van der Waals surface area (Å²) >= 11 is 0. The topological polar surface area (TPSA) is 108 Å². The fraction of sp³-hybridized carbons (Fsp3) is 0.462. The van der Waals surface area contributed by atoms with Crippen molar-refractivity contribution in [1.82, 2.24) is 24.9 Å². The van der Waals surface area contributed by atoms with Crippen molar-refractivity contribution in [2.75, 3.05) is 6.54 Å². The highest BCUT2D eigenvalue weighted by molar-refractivity contribution is 5.96. The molecule has 2 heterocycles. The van der Waals surface area contributed by atoms with Gasteiger partial charge >= 0.3 is 5.69 Å². The maximum atomic E-state index is 12.1. The van der Waals surface area contributed by atoms with Crippen LogP contribution in [-0.2, 0) is 13.1 Å². The molecule has 0 unspecified atom stereocenters. The minimum Gasteiger partial charge on any atom is -0.350 e. The molecule has 1 amide bonds. The number of hydrogen-bond donors (Lipinski definition) is 1. The summed E-state index contributed by atoms with van der Waals surface area (Å²) in [5.41, 5.74) is 0.649. The van der Waals surface area contributed by atoms with Gasteiger partial charge in [-0.3, -0.25) is 24.3 Å². The van der Waals surface area contributed by atoms with Crippen LogP contribution in [0.4, 0.5) is 5.69 Å². The fourth-order valence-corrected chi connectivity index (χ4v) is 2.10. The lowest BCUT2D eigenvalue weighted by Crippen LogP contribution is -2.28. The Morgan fingerprint density at radius 2 is 2.27 bits per heavy atom. The van der Waals surface area contributed by atoms with Gasteiger partial charge in [-0.25, -0.2) is 0 Å². The van der Waals surface area contributed by atoms with E-state index in [1.807, 2.05) is 19.2 Å². The third kappa shape index (κ3) is 3.48. The molecule has 9 nitrogen and oxygen atoms in total. The summed E-state index contributed by atoms with van der Waals surface area (Å²) in [4.78, 5) is 22.5. The number of nitro groups is 1. The number of aryl methyl sites for hydroxylation is 3. The molecule has 1 N–H and O–H groups in total. The van der Waals surface area contributed by atoms with E-state index in [1.165, 1.54) is 4.68 Å². The first kappa shape index (κ1) is 15.7. The van der Waals surface area contributed by atoms with Crippen molar-refractivity contribution >= 4 is 11.6 Å². The third-order valence-corrected chi connectivity index (χ3v) is 3.15. The molecule has 2 aromatic rings. The van der Waals surface area contributed by atoms with Crippen molar-refractivity contribution in [3.05, 3.63) is 40.0 Å². The molecule has 0 saturated carbocycles. The number of hydrogen-bond acceptors (Lipinski definition) is 5. The molecule has 0 bridgehead atoms. The van der Waals surface area contributed by atoms with E-state index in [9.17, 15) is 14.9 Å². The molecule has 118 valence electrons. The lowest BCUT2D eigenvalue weighted by molar-refractivity contribution is -0.385. The second-order valence-electron chi connectivity index (χ2n) is 4.78. The number of carbonyl (C=O) groups is 1. The van der Waals surface area contributed by atoms with Gasteiger partial charge in [0.25, 0.3) is 5.91 Å². The maximum absolute atomic E-state index is 12.1. The number of rotatable bonds is 7. The van der Waals surface area contributed by atoms with Crippen molar-refractivity contribution in [3.8, 4) is 0 Å². The van der Waals surface area contributed by atoms with Crippen molar-refractivity contribution in [2.24, 2.45) is 0 Å². The monoisotopic (exact) mass is 306 g/mol. The highest BCUT2D eigenvalue weighted by Gasteiger charge is 2.25. The number of nitrogens with one attached hydrogen (secondary N) is 1. The smallest absolute Gasteiger partial charge is 0.320 e. The molecule has 0 atom stereocenters. The van der Waals surface area contributed by atoms with E-state index in [0.29, 0.717) is 26.1 Å². The number of aromatic nitrogens is 4. The molecule has 2 aromatic heterocycles. The molecule has 9 heteroatoms. The first-order valence-corrected chi connectivity index (χ1v) is 7.01. The van der Waals surface area contributed by atoms with Gasteiger partial charge in [-0.15, -0.1) is 0 Å². The maximum Gasteiger partial charge on any atom is 0.320 e. The average Bonchev–Trinajstić information content (AvgIpc) is 3.09. The summed E-state index contributed by atoms with van der Waals surface area (Å²) in [6, 6.07) is 1.90. The molecule has 0 aliphatic rings. The SMILES string of the molecule is CCn1ncc([N+](=O)[O-])c1C(=O)NCCCn1ccc(C)n1. The Morgan fingerprint density at radius 1 is 1.50 bits per heavy atom. The van der Waals surface area contributed by atoms with Gasteiger partial charge in [0.1, 0.15) is 6.20 Å². The standard InChI is InChI=1S/C13H18N6O3/c1-3-18-12(11(9-15-18)19(21)22)13(20)14-6-4-7-17-8-5-10(2)16-17/h5,8-9H,3-4,6-7H2,1-2H3,(H,14,20). The minimum atomic E-state index is -0.597. The van der Waals surface area contributed by atoms with Crippen LogP contribution in [0.1, 0.15) is 29.5 Å². The van der Waals surface area contributed by atoms with Crippen LogP contribution in [0.5, 0.6) is 0 Å². The van der Waals surface area contributed by atoms with Crippen molar-refractivity contribution in [1.29, 1.82) is 0 Å². The molecule has 0 aromatic carbocycles. The van der Waals surface area contributed by atoms with E-state index in [1.54, 1.807) is 11.6 Å². The predicted molar refractivity (Wildman–Crippen MR) is 78.5 cm³/mol. The Hall–Kier alpha value is -2.71. The molecule has 0 radical (unpaired) electrons. The highest BCUT2D eigenvalue weighted by atomic mass is 16.6. The Kier molecular flexibility index (Phi) is 4.87. The van der Waals surface area contributed by atoms with Gasteiger partial charge < -0.3 is 5.32 Å². The zero-order valence-electron chi connectivity index (χ0n) is 12.5. The first-order valence-electron chi connectivity index (χ1n) is 7.01. The lowest BCUT2D eigenvalue weighted by atomic mass is 10.3. The quantitative estimate of drug-likeness (QED) is 0.469. The van der Waals surface area contributed by atoms with Crippen LogP contribution in [0, 0.1) is 17.0 Å². The highest BCUT2D eigenvalue weighted by Crippen LogP contribution is 2.17. The van der Waals surface area contributed by atoms with Crippen LogP contribution in [0.2, 0.25) is 0 Å². The predicted octanol–water partition coefficient (Wildman–Crippen LogP) is 1.14. The Balaban J connectivity index is 1.92. The molecular weight excluding hydrogens is 288 g/mol. The molecule has 2 rings (SSSR count). The van der Waals surface area contributed by atoms with E-state index >= 15 is 0 Å². The second kappa shape index (κ2) is 6.83. The van der Waals surface area contributed by atoms with Gasteiger partial charge in [0.05, 0.1) is 10.6 Å². The van der Waals surface area contributed by atoms with Gasteiger partial charge in [-0.2, -0.15) is 10.2 Å². The Morgan fingerprint density at radius 3 is 2.86 bits per heavy atom. The van der Waals surface area contributed by atoms with Crippen LogP contribution >= 0.6 is 0 Å². The first-order chi connectivity index (χ1) is 10.5. The van der Waals surface area contributed by atoms with E-state index in [4.69, 9.17) is 0 Å². The van der Waals surface area contributed by atoms with Gasteiger partial charge in [-0.05, 0) is 26.3 Å². The summed E-state index contributed by atoms with van der Waals surface area (Å²) < 4.78 is 3.12. The minimum absolute atomic E-state index is 0.0116. The number of nitrogens with zero attached hydrogens (tertiary/aromatic N) is 5. The lowest BCUT2D eigenvalue weighted by Gasteiger charge is -2.06. The van der Waals surface area contributed by atoms with Crippen LogP contribution in [0.25, 0.3) is 0 Å². The molecule has 0 fully saturated rings. The van der Waals surface area contributed by atoms with Gasteiger partial charge in [0, 0.05) is 25.8 Å². The van der Waals surface area contributed by atoms with E-state index < -0.39 is 10.8 Å². The molecule has 0 aliphatic carbocycles. The van der Waals surface area contributed by atoms with E-state index in [-0.39, 0.29) is 11.4 Å². The van der Waals surface area contributed by atoms with Crippen LogP contribution in [-0.4, -0.2) is 36.9 Å². The summed E-state index contributed by atoms with van der Waals surface area (Å²) in [6.45, 7) is 5.15. The summed E-state index contributed by atoms with van der Waals surface area (Å²) in [5.74, 6) is -0.484. The summed E-state index contributed by atoms with van der Waals surface area (Å²) in [6.07, 6.45) is 3.65. The second-order valence-corrected chi connectivity index (χ2v) is 4.78. The van der Waals surface area contributed by atoms with Crippen LogP contribution in [0.15, 0.2) is 18.5 Å². The summed E-state index contributed by atoms with van der Waals surface area (Å²) in [7, 11) is 0. The normalized spacial score (nSPS) is 10.6. The third-order valence-electron chi connectivity index (χ3n) is 3.15. The Labute approximate surface area is 127 Å². The van der Waals surface area contributed by atoms with Crippen molar-refractivity contribution in [3.63, 3.8) is 0 Å². The van der Waals surface area contributed by atoms with Crippen LogP contribution < -0.4 is 5.32 Å². The van der Waals surface area contributed by atoms with E-state index in [0.717, 1.165) is 11.9 Å². The van der Waals surface area contributed by atoms with Gasteiger partial charge in [0.15, 0.2) is 0 Å². The Bertz CT molecular complexity index is 675. The molecule has 0 aliphatic heterocycles. The molecular formula is C13H18N6O3. The fourth-order valence-electron chi connectivity index (χ4n) is 2.10. The van der Waals surface area contributed by atoms with Crippen molar-refractivity contribution in [2.45, 2.75) is 33.4 Å². The number of amides is 1. The van der Waals surface area contributed by atoms with E-state index in [2.05, 4.69) is 15.5 Å². The summed E-state index contributed by atoms with van der Waals surface area (Å²) in [5, 5.41) is 21.7. The largest absolute Gasteiger partial charge is 0.350 e. The average molecular weight is 306 g/mol. The number of carbonyl (C=O) groups excluding carboxylic acids is 1. The molecule has 0 spiro atoms. The van der Waals surface area contributed by atoms with Crippen molar-refractivity contribution < 1.29 is 9.72 Å². The van der Waals surface area contributed by atoms with Gasteiger partial charge in [-0.1, -0.05) is 0 Å². The zero-order valence-corrected chi connectivity index (χ0v) is 12.5. The van der Waals surface area contributed by atoms with Gasteiger partial charge in [0.2, 0.25) is 5.69 Å². The zero-order chi connectivity index (χ0) is 16.1.